The third-order valence-electron chi connectivity index (χ3n) is 4.49. The predicted octanol–water partition coefficient (Wildman–Crippen LogP) is 2.40. The highest BCUT2D eigenvalue weighted by molar-refractivity contribution is 7.99. The molecule has 0 atom stereocenters. The van der Waals surface area contributed by atoms with Gasteiger partial charge in [0.05, 0.1) is 16.8 Å². The number of carbonyl (C=O) groups excluding carboxylic acids is 3. The summed E-state index contributed by atoms with van der Waals surface area (Å²) in [7, 11) is 0. The summed E-state index contributed by atoms with van der Waals surface area (Å²) in [6.07, 6.45) is 0.606. The summed E-state index contributed by atoms with van der Waals surface area (Å²) in [6, 6.07) is 14.1. The lowest BCUT2D eigenvalue weighted by Gasteiger charge is -2.13. The Morgan fingerprint density at radius 1 is 1.07 bits per heavy atom. The first-order valence-electron chi connectivity index (χ1n) is 9.29. The zero-order valence-corrected chi connectivity index (χ0v) is 16.9. The molecule has 3 amide bonds. The van der Waals surface area contributed by atoms with Gasteiger partial charge in [0.15, 0.2) is 0 Å². The number of amides is 3. The van der Waals surface area contributed by atoms with Crippen molar-refractivity contribution in [1.29, 1.82) is 0 Å². The minimum absolute atomic E-state index is 0.161. The van der Waals surface area contributed by atoms with Crippen LogP contribution < -0.4 is 5.32 Å². The van der Waals surface area contributed by atoms with Crippen molar-refractivity contribution in [2.75, 3.05) is 17.6 Å². The van der Waals surface area contributed by atoms with Crippen LogP contribution in [0.5, 0.6) is 0 Å². The summed E-state index contributed by atoms with van der Waals surface area (Å²) in [5, 5.41) is 15.1. The van der Waals surface area contributed by atoms with Gasteiger partial charge in [0, 0.05) is 24.9 Å². The van der Waals surface area contributed by atoms with Gasteiger partial charge in [-0.15, -0.1) is 5.10 Å². The van der Waals surface area contributed by atoms with E-state index in [1.165, 1.54) is 23.6 Å². The first-order chi connectivity index (χ1) is 14.5. The largest absolute Gasteiger partial charge is 0.326 e. The fraction of sp³-hybridized carbons (Fsp3) is 0.200. The summed E-state index contributed by atoms with van der Waals surface area (Å²) in [5.41, 5.74) is 2.28. The summed E-state index contributed by atoms with van der Waals surface area (Å²) in [6.45, 7) is 1.78. The van der Waals surface area contributed by atoms with Gasteiger partial charge in [0.2, 0.25) is 11.1 Å². The van der Waals surface area contributed by atoms with Gasteiger partial charge in [-0.1, -0.05) is 30.0 Å². The van der Waals surface area contributed by atoms with Crippen LogP contribution in [0, 0.1) is 0 Å². The number of imide groups is 1. The standard InChI is InChI=1S/C20H18N6O3S/c1-13(27)21-14-6-4-7-15(12-14)26-20(22-23-24-26)30-11-5-10-25-18(28)16-8-2-3-9-17(16)19(25)29/h2-4,6-9,12H,5,10-11H2,1H3,(H,21,27). The van der Waals surface area contributed by atoms with Crippen molar-refractivity contribution in [3.63, 3.8) is 0 Å². The molecule has 1 aromatic heterocycles. The highest BCUT2D eigenvalue weighted by atomic mass is 32.2. The van der Waals surface area contributed by atoms with Gasteiger partial charge >= 0.3 is 0 Å². The van der Waals surface area contributed by atoms with Gasteiger partial charge < -0.3 is 5.32 Å². The van der Waals surface area contributed by atoms with E-state index in [2.05, 4.69) is 20.8 Å². The molecule has 0 radical (unpaired) electrons. The number of nitrogens with zero attached hydrogens (tertiary/aromatic N) is 5. The molecule has 0 saturated carbocycles. The predicted molar refractivity (Wildman–Crippen MR) is 111 cm³/mol. The van der Waals surface area contributed by atoms with Gasteiger partial charge in [0.1, 0.15) is 0 Å². The van der Waals surface area contributed by atoms with Gasteiger partial charge in [-0.2, -0.15) is 4.68 Å². The molecule has 3 aromatic rings. The van der Waals surface area contributed by atoms with E-state index in [4.69, 9.17) is 0 Å². The molecule has 0 unspecified atom stereocenters. The molecular weight excluding hydrogens is 404 g/mol. The number of rotatable bonds is 7. The van der Waals surface area contributed by atoms with E-state index in [0.717, 1.165) is 0 Å². The molecule has 4 rings (SSSR count). The number of fused-ring (bicyclic) bond motifs is 1. The fourth-order valence-corrected chi connectivity index (χ4v) is 3.99. The molecule has 152 valence electrons. The molecule has 30 heavy (non-hydrogen) atoms. The van der Waals surface area contributed by atoms with Crippen molar-refractivity contribution in [1.82, 2.24) is 25.1 Å². The van der Waals surface area contributed by atoms with Crippen molar-refractivity contribution < 1.29 is 14.4 Å². The first-order valence-corrected chi connectivity index (χ1v) is 10.3. The Morgan fingerprint density at radius 2 is 1.80 bits per heavy atom. The van der Waals surface area contributed by atoms with Crippen LogP contribution >= 0.6 is 11.8 Å². The van der Waals surface area contributed by atoms with Crippen molar-refractivity contribution in [3.8, 4) is 5.69 Å². The maximum atomic E-state index is 12.4. The lowest BCUT2D eigenvalue weighted by molar-refractivity contribution is -0.114. The smallest absolute Gasteiger partial charge is 0.261 e. The van der Waals surface area contributed by atoms with Crippen molar-refractivity contribution in [2.45, 2.75) is 18.5 Å². The average molecular weight is 422 g/mol. The van der Waals surface area contributed by atoms with Crippen molar-refractivity contribution in [3.05, 3.63) is 59.7 Å². The fourth-order valence-electron chi connectivity index (χ4n) is 3.18. The normalized spacial score (nSPS) is 12.9. The van der Waals surface area contributed by atoms with Crippen LogP contribution in [0.4, 0.5) is 5.69 Å². The highest BCUT2D eigenvalue weighted by Gasteiger charge is 2.34. The Labute approximate surface area is 176 Å². The van der Waals surface area contributed by atoms with E-state index in [1.54, 1.807) is 47.1 Å². The second kappa shape index (κ2) is 8.46. The lowest BCUT2D eigenvalue weighted by Crippen LogP contribution is -2.31. The molecule has 0 bridgehead atoms. The molecule has 2 heterocycles. The molecule has 0 aliphatic carbocycles. The minimum atomic E-state index is -0.250. The summed E-state index contributed by atoms with van der Waals surface area (Å²) >= 11 is 1.43. The van der Waals surface area contributed by atoms with Crippen LogP contribution in [0.1, 0.15) is 34.1 Å². The van der Waals surface area contributed by atoms with E-state index in [9.17, 15) is 14.4 Å². The maximum Gasteiger partial charge on any atom is 0.261 e. The highest BCUT2D eigenvalue weighted by Crippen LogP contribution is 2.24. The van der Waals surface area contributed by atoms with Crippen LogP contribution in [-0.2, 0) is 4.79 Å². The minimum Gasteiger partial charge on any atom is -0.326 e. The molecule has 2 aromatic carbocycles. The molecular formula is C20H18N6O3S. The molecule has 10 heteroatoms. The molecule has 1 aliphatic rings. The zero-order chi connectivity index (χ0) is 21.1. The SMILES string of the molecule is CC(=O)Nc1cccc(-n2nnnc2SCCCN2C(=O)c3ccccc3C2=O)c1. The van der Waals surface area contributed by atoms with Gasteiger partial charge in [-0.25, -0.2) is 0 Å². The Bertz CT molecular complexity index is 1090. The van der Waals surface area contributed by atoms with E-state index in [1.807, 2.05) is 6.07 Å². The number of benzene rings is 2. The topological polar surface area (TPSA) is 110 Å². The van der Waals surface area contributed by atoms with E-state index < -0.39 is 0 Å². The molecule has 1 aliphatic heterocycles. The third kappa shape index (κ3) is 3.94. The second-order valence-electron chi connectivity index (χ2n) is 6.61. The molecule has 1 N–H and O–H groups in total. The monoisotopic (exact) mass is 422 g/mol. The van der Waals surface area contributed by atoms with E-state index >= 15 is 0 Å². The lowest BCUT2D eigenvalue weighted by atomic mass is 10.1. The van der Waals surface area contributed by atoms with Crippen LogP contribution in [0.2, 0.25) is 0 Å². The van der Waals surface area contributed by atoms with Crippen molar-refractivity contribution >= 4 is 35.2 Å². The molecule has 0 saturated heterocycles. The Hall–Kier alpha value is -3.53. The van der Waals surface area contributed by atoms with Crippen molar-refractivity contribution in [2.24, 2.45) is 0 Å². The number of thioether (sulfide) groups is 1. The third-order valence-corrected chi connectivity index (χ3v) is 5.49. The zero-order valence-electron chi connectivity index (χ0n) is 16.1. The number of tetrazole rings is 1. The quantitative estimate of drug-likeness (QED) is 0.354. The number of aromatic nitrogens is 4. The number of hydrogen-bond donors (Lipinski definition) is 1. The van der Waals surface area contributed by atoms with Crippen LogP contribution in [0.25, 0.3) is 5.69 Å². The van der Waals surface area contributed by atoms with Crippen LogP contribution in [-0.4, -0.2) is 55.1 Å². The van der Waals surface area contributed by atoms with E-state index in [0.29, 0.717) is 46.4 Å². The van der Waals surface area contributed by atoms with Crippen LogP contribution in [0.15, 0.2) is 53.7 Å². The number of nitrogens with one attached hydrogen (secondary N) is 1. The molecule has 9 nitrogen and oxygen atoms in total. The molecule has 0 spiro atoms. The average Bonchev–Trinajstić information content (AvgIpc) is 3.29. The number of carbonyl (C=O) groups is 3. The first kappa shape index (κ1) is 19.8. The van der Waals surface area contributed by atoms with Gasteiger partial charge in [0.25, 0.3) is 11.8 Å². The Balaban J connectivity index is 1.37. The molecule has 0 fully saturated rings. The summed E-state index contributed by atoms with van der Waals surface area (Å²) in [4.78, 5) is 37.4. The summed E-state index contributed by atoms with van der Waals surface area (Å²) < 4.78 is 1.58. The van der Waals surface area contributed by atoms with Gasteiger partial charge in [-0.3, -0.25) is 19.3 Å². The van der Waals surface area contributed by atoms with Crippen LogP contribution in [0.3, 0.4) is 0 Å². The number of anilines is 1. The van der Waals surface area contributed by atoms with Gasteiger partial charge in [-0.05, 0) is 47.2 Å². The second-order valence-corrected chi connectivity index (χ2v) is 7.68. The summed E-state index contributed by atoms with van der Waals surface area (Å²) in [5.74, 6) is -0.0360. The number of hydrogen-bond acceptors (Lipinski definition) is 7. The Morgan fingerprint density at radius 3 is 2.50 bits per heavy atom. The maximum absolute atomic E-state index is 12.4. The Kier molecular flexibility index (Phi) is 5.57. The van der Waals surface area contributed by atoms with E-state index in [-0.39, 0.29) is 17.7 Å².